The highest BCUT2D eigenvalue weighted by Crippen LogP contribution is 2.06. The molecule has 0 unspecified atom stereocenters. The SMILES string of the molecule is Cl.Cn1nccc1S(=O)(=O)NCC(C)(C)N. The first kappa shape index (κ1) is 15.4. The summed E-state index contributed by atoms with van der Waals surface area (Å²) in [5.74, 6) is 0. The molecule has 1 rings (SSSR count). The van der Waals surface area contributed by atoms with Crippen LogP contribution in [-0.4, -0.2) is 30.3 Å². The van der Waals surface area contributed by atoms with Gasteiger partial charge in [0.1, 0.15) is 0 Å². The first-order valence-corrected chi connectivity index (χ1v) is 5.97. The third-order valence-electron chi connectivity index (χ3n) is 1.77. The molecule has 0 saturated carbocycles. The fraction of sp³-hybridized carbons (Fsp3) is 0.625. The Hall–Kier alpha value is -0.630. The number of hydrogen-bond acceptors (Lipinski definition) is 4. The highest BCUT2D eigenvalue weighted by Gasteiger charge is 2.20. The number of nitrogens with two attached hydrogens (primary N) is 1. The fourth-order valence-electron chi connectivity index (χ4n) is 0.980. The second-order valence-electron chi connectivity index (χ2n) is 4.11. The Morgan fingerprint density at radius 3 is 2.50 bits per heavy atom. The molecule has 0 bridgehead atoms. The number of aryl methyl sites for hydroxylation is 1. The van der Waals surface area contributed by atoms with Crippen LogP contribution >= 0.6 is 12.4 Å². The van der Waals surface area contributed by atoms with Crippen LogP contribution in [0.15, 0.2) is 17.3 Å². The van der Waals surface area contributed by atoms with Gasteiger partial charge in [0.2, 0.25) is 0 Å². The van der Waals surface area contributed by atoms with Crippen molar-refractivity contribution in [1.29, 1.82) is 0 Å². The van der Waals surface area contributed by atoms with Gasteiger partial charge in [-0.3, -0.25) is 4.68 Å². The monoisotopic (exact) mass is 268 g/mol. The van der Waals surface area contributed by atoms with E-state index in [0.29, 0.717) is 0 Å². The summed E-state index contributed by atoms with van der Waals surface area (Å²) in [6, 6.07) is 1.44. The van der Waals surface area contributed by atoms with E-state index in [9.17, 15) is 8.42 Å². The summed E-state index contributed by atoms with van der Waals surface area (Å²) in [5.41, 5.74) is 5.11. The van der Waals surface area contributed by atoms with E-state index in [2.05, 4.69) is 9.82 Å². The number of nitrogens with one attached hydrogen (secondary N) is 1. The lowest BCUT2D eigenvalue weighted by Gasteiger charge is -2.18. The molecule has 1 heterocycles. The van der Waals surface area contributed by atoms with Gasteiger partial charge >= 0.3 is 0 Å². The zero-order chi connectivity index (χ0) is 11.7. The lowest BCUT2D eigenvalue weighted by atomic mass is 10.1. The first-order chi connectivity index (χ1) is 6.72. The van der Waals surface area contributed by atoms with Crippen molar-refractivity contribution in [2.45, 2.75) is 24.4 Å². The summed E-state index contributed by atoms with van der Waals surface area (Å²) in [4.78, 5) is 0. The van der Waals surface area contributed by atoms with Crippen LogP contribution in [0.25, 0.3) is 0 Å². The third-order valence-corrected chi connectivity index (χ3v) is 3.24. The lowest BCUT2D eigenvalue weighted by molar-refractivity contribution is 0.494. The molecule has 0 aliphatic heterocycles. The number of nitrogens with zero attached hydrogens (tertiary/aromatic N) is 2. The molecule has 1 aromatic rings. The molecule has 3 N–H and O–H groups in total. The van der Waals surface area contributed by atoms with Crippen molar-refractivity contribution in [3.8, 4) is 0 Å². The Kier molecular flexibility index (Phi) is 4.93. The van der Waals surface area contributed by atoms with Crippen LogP contribution in [0.3, 0.4) is 0 Å². The summed E-state index contributed by atoms with van der Waals surface area (Å²) >= 11 is 0. The molecule has 0 aliphatic carbocycles. The summed E-state index contributed by atoms with van der Waals surface area (Å²) in [6.45, 7) is 3.68. The lowest BCUT2D eigenvalue weighted by Crippen LogP contribution is -2.45. The minimum Gasteiger partial charge on any atom is -0.324 e. The molecule has 0 radical (unpaired) electrons. The highest BCUT2D eigenvalue weighted by molar-refractivity contribution is 7.89. The number of hydrogen-bond donors (Lipinski definition) is 2. The molecule has 94 valence electrons. The molecule has 0 spiro atoms. The minimum absolute atomic E-state index is 0. The standard InChI is InChI=1S/C8H16N4O2S.ClH/c1-8(2,9)6-11-15(13,14)7-4-5-10-12(7)3;/h4-5,11H,6,9H2,1-3H3;1H. The third kappa shape index (κ3) is 4.09. The van der Waals surface area contributed by atoms with Gasteiger partial charge in [-0.05, 0) is 19.9 Å². The van der Waals surface area contributed by atoms with Crippen molar-refractivity contribution in [3.05, 3.63) is 12.3 Å². The van der Waals surface area contributed by atoms with Crippen LogP contribution in [0, 0.1) is 0 Å². The average Bonchev–Trinajstić information content (AvgIpc) is 2.47. The van der Waals surface area contributed by atoms with Gasteiger partial charge in [-0.15, -0.1) is 12.4 Å². The zero-order valence-corrected chi connectivity index (χ0v) is 11.1. The Morgan fingerprint density at radius 2 is 2.12 bits per heavy atom. The number of rotatable bonds is 4. The van der Waals surface area contributed by atoms with Crippen LogP contribution in [0.4, 0.5) is 0 Å². The van der Waals surface area contributed by atoms with E-state index in [-0.39, 0.29) is 24.0 Å². The maximum absolute atomic E-state index is 11.7. The van der Waals surface area contributed by atoms with E-state index >= 15 is 0 Å². The van der Waals surface area contributed by atoms with Gasteiger partial charge < -0.3 is 5.73 Å². The molecule has 0 aromatic carbocycles. The Labute approximate surface area is 102 Å². The highest BCUT2D eigenvalue weighted by atomic mass is 35.5. The number of sulfonamides is 1. The average molecular weight is 269 g/mol. The second kappa shape index (κ2) is 5.13. The van der Waals surface area contributed by atoms with E-state index in [4.69, 9.17) is 5.73 Å². The molecule has 1 aromatic heterocycles. The smallest absolute Gasteiger partial charge is 0.257 e. The largest absolute Gasteiger partial charge is 0.324 e. The maximum Gasteiger partial charge on any atom is 0.257 e. The van der Waals surface area contributed by atoms with Gasteiger partial charge in [0.05, 0.1) is 6.20 Å². The van der Waals surface area contributed by atoms with Crippen molar-refractivity contribution in [3.63, 3.8) is 0 Å². The normalized spacial score (nSPS) is 12.2. The van der Waals surface area contributed by atoms with Crippen molar-refractivity contribution < 1.29 is 8.42 Å². The summed E-state index contributed by atoms with van der Waals surface area (Å²) < 4.78 is 27.2. The van der Waals surface area contributed by atoms with E-state index in [1.54, 1.807) is 20.9 Å². The minimum atomic E-state index is -3.51. The van der Waals surface area contributed by atoms with Crippen LogP contribution in [0.1, 0.15) is 13.8 Å². The molecule has 6 nitrogen and oxygen atoms in total. The molecule has 0 atom stereocenters. The summed E-state index contributed by atoms with van der Waals surface area (Å²) in [7, 11) is -1.94. The first-order valence-electron chi connectivity index (χ1n) is 4.49. The maximum atomic E-state index is 11.7. The van der Waals surface area contributed by atoms with Crippen LogP contribution in [0.5, 0.6) is 0 Å². The summed E-state index contributed by atoms with van der Waals surface area (Å²) in [5, 5.41) is 3.92. The van der Waals surface area contributed by atoms with E-state index < -0.39 is 15.6 Å². The van der Waals surface area contributed by atoms with Gasteiger partial charge in [0.25, 0.3) is 10.0 Å². The molecular weight excluding hydrogens is 252 g/mol. The van der Waals surface area contributed by atoms with Crippen LogP contribution in [0.2, 0.25) is 0 Å². The van der Waals surface area contributed by atoms with Crippen molar-refractivity contribution in [2.75, 3.05) is 6.54 Å². The van der Waals surface area contributed by atoms with Gasteiger partial charge in [0, 0.05) is 19.1 Å². The second-order valence-corrected chi connectivity index (χ2v) is 5.82. The van der Waals surface area contributed by atoms with E-state index in [0.717, 1.165) is 0 Å². The van der Waals surface area contributed by atoms with Crippen molar-refractivity contribution in [1.82, 2.24) is 14.5 Å². The number of halogens is 1. The van der Waals surface area contributed by atoms with Gasteiger partial charge in [-0.2, -0.15) is 5.10 Å². The van der Waals surface area contributed by atoms with E-state index in [1.807, 2.05) is 0 Å². The van der Waals surface area contributed by atoms with Crippen LogP contribution < -0.4 is 10.5 Å². The van der Waals surface area contributed by atoms with E-state index in [1.165, 1.54) is 16.9 Å². The van der Waals surface area contributed by atoms with Crippen LogP contribution in [-0.2, 0) is 17.1 Å². The van der Waals surface area contributed by atoms with Gasteiger partial charge in [-0.25, -0.2) is 13.1 Å². The summed E-state index contributed by atoms with van der Waals surface area (Å²) in [6.07, 6.45) is 1.43. The Morgan fingerprint density at radius 1 is 1.56 bits per heavy atom. The van der Waals surface area contributed by atoms with Crippen molar-refractivity contribution in [2.24, 2.45) is 12.8 Å². The van der Waals surface area contributed by atoms with Crippen molar-refractivity contribution >= 4 is 22.4 Å². The molecule has 16 heavy (non-hydrogen) atoms. The van der Waals surface area contributed by atoms with Gasteiger partial charge in [-0.1, -0.05) is 0 Å². The Bertz CT molecular complexity index is 435. The molecule has 0 amide bonds. The quantitative estimate of drug-likeness (QED) is 0.795. The molecule has 0 saturated heterocycles. The molecule has 0 fully saturated rings. The number of aromatic nitrogens is 2. The predicted molar refractivity (Wildman–Crippen MR) is 63.9 cm³/mol. The molecule has 8 heteroatoms. The fourth-order valence-corrected chi connectivity index (χ4v) is 2.33. The predicted octanol–water partition coefficient (Wildman–Crippen LogP) is -0.143. The topological polar surface area (TPSA) is 90.0 Å². The molecular formula is C8H17ClN4O2S. The Balaban J connectivity index is 0.00000225. The zero-order valence-electron chi connectivity index (χ0n) is 9.47. The van der Waals surface area contributed by atoms with Gasteiger partial charge in [0.15, 0.2) is 5.03 Å². The molecule has 0 aliphatic rings.